The lowest BCUT2D eigenvalue weighted by atomic mass is 9.95. The molecule has 106 valence electrons. The van der Waals surface area contributed by atoms with Gasteiger partial charge in [0.15, 0.2) is 0 Å². The highest BCUT2D eigenvalue weighted by molar-refractivity contribution is 5.47. The van der Waals surface area contributed by atoms with E-state index in [1.165, 1.54) is 18.2 Å². The number of hydrogen-bond acceptors (Lipinski definition) is 1. The highest BCUT2D eigenvalue weighted by Crippen LogP contribution is 2.30. The summed E-state index contributed by atoms with van der Waals surface area (Å²) < 4.78 is 27.3. The van der Waals surface area contributed by atoms with E-state index in [1.807, 2.05) is 19.9 Å². The maximum atomic E-state index is 13.7. The molecule has 0 heterocycles. The highest BCUT2D eigenvalue weighted by atomic mass is 19.1. The zero-order valence-corrected chi connectivity index (χ0v) is 11.7. The minimum atomic E-state index is -0.581. The molecule has 1 N–H and O–H groups in total. The number of benzene rings is 2. The molecular weight excluding hydrogens is 258 g/mol. The molecule has 0 aliphatic heterocycles. The largest absolute Gasteiger partial charge is 0.507 e. The lowest BCUT2D eigenvalue weighted by Gasteiger charge is -2.13. The van der Waals surface area contributed by atoms with Gasteiger partial charge in [0.05, 0.1) is 0 Å². The van der Waals surface area contributed by atoms with E-state index in [9.17, 15) is 13.9 Å². The van der Waals surface area contributed by atoms with Gasteiger partial charge in [-0.05, 0) is 41.7 Å². The van der Waals surface area contributed by atoms with Gasteiger partial charge in [-0.15, -0.1) is 0 Å². The van der Waals surface area contributed by atoms with E-state index in [1.54, 1.807) is 6.07 Å². The molecule has 0 aromatic heterocycles. The molecule has 0 aliphatic rings. The third-order valence-electron chi connectivity index (χ3n) is 3.63. The molecule has 0 amide bonds. The zero-order chi connectivity index (χ0) is 14.7. The van der Waals surface area contributed by atoms with E-state index in [0.29, 0.717) is 12.0 Å². The van der Waals surface area contributed by atoms with E-state index in [4.69, 9.17) is 0 Å². The van der Waals surface area contributed by atoms with Crippen LogP contribution in [0.5, 0.6) is 5.75 Å². The van der Waals surface area contributed by atoms with Crippen LogP contribution in [-0.2, 0) is 19.3 Å². The Labute approximate surface area is 117 Å². The molecule has 0 unspecified atom stereocenters. The van der Waals surface area contributed by atoms with Gasteiger partial charge in [0.1, 0.15) is 17.4 Å². The number of halogens is 2. The second-order valence-corrected chi connectivity index (χ2v) is 4.80. The third kappa shape index (κ3) is 2.67. The number of phenols is 1. The summed E-state index contributed by atoms with van der Waals surface area (Å²) in [6.45, 7) is 3.98. The number of rotatable bonds is 4. The first kappa shape index (κ1) is 14.5. The summed E-state index contributed by atoms with van der Waals surface area (Å²) in [5.41, 5.74) is 2.49. The monoisotopic (exact) mass is 276 g/mol. The van der Waals surface area contributed by atoms with Gasteiger partial charge >= 0.3 is 0 Å². The molecule has 0 bridgehead atoms. The van der Waals surface area contributed by atoms with E-state index in [2.05, 4.69) is 0 Å². The Kier molecular flexibility index (Phi) is 4.38. The number of hydrogen-bond donors (Lipinski definition) is 1. The van der Waals surface area contributed by atoms with Gasteiger partial charge < -0.3 is 5.11 Å². The predicted molar refractivity (Wildman–Crippen MR) is 76.0 cm³/mol. The van der Waals surface area contributed by atoms with Gasteiger partial charge in [0.2, 0.25) is 0 Å². The van der Waals surface area contributed by atoms with Crippen molar-refractivity contribution in [2.24, 2.45) is 0 Å². The van der Waals surface area contributed by atoms with Crippen LogP contribution in [0.25, 0.3) is 0 Å². The minimum absolute atomic E-state index is 0.00546. The molecule has 0 spiro atoms. The Morgan fingerprint density at radius 2 is 1.45 bits per heavy atom. The standard InChI is InChI=1S/C17H18F2O/c1-3-11-8-9-12(17(20)13(11)4-2)10-14-15(18)6-5-7-16(14)19/h5-9,20H,3-4,10H2,1-2H3. The highest BCUT2D eigenvalue weighted by Gasteiger charge is 2.14. The van der Waals surface area contributed by atoms with Gasteiger partial charge in [-0.25, -0.2) is 8.78 Å². The topological polar surface area (TPSA) is 20.2 Å². The van der Waals surface area contributed by atoms with Crippen LogP contribution in [0.15, 0.2) is 30.3 Å². The molecule has 20 heavy (non-hydrogen) atoms. The summed E-state index contributed by atoms with van der Waals surface area (Å²) in [4.78, 5) is 0. The zero-order valence-electron chi connectivity index (χ0n) is 11.7. The van der Waals surface area contributed by atoms with Gasteiger partial charge in [-0.3, -0.25) is 0 Å². The summed E-state index contributed by atoms with van der Waals surface area (Å²) in [7, 11) is 0. The fourth-order valence-corrected chi connectivity index (χ4v) is 2.49. The summed E-state index contributed by atoms with van der Waals surface area (Å²) in [5, 5.41) is 10.3. The number of aromatic hydroxyl groups is 1. The summed E-state index contributed by atoms with van der Waals surface area (Å²) in [5.74, 6) is -1.00. The van der Waals surface area contributed by atoms with E-state index < -0.39 is 11.6 Å². The fourth-order valence-electron chi connectivity index (χ4n) is 2.49. The quantitative estimate of drug-likeness (QED) is 0.878. The summed E-state index contributed by atoms with van der Waals surface area (Å²) in [6.07, 6.45) is 1.58. The van der Waals surface area contributed by atoms with Crippen molar-refractivity contribution in [3.8, 4) is 5.75 Å². The summed E-state index contributed by atoms with van der Waals surface area (Å²) in [6, 6.07) is 7.48. The van der Waals surface area contributed by atoms with Crippen molar-refractivity contribution in [3.05, 3.63) is 64.2 Å². The smallest absolute Gasteiger partial charge is 0.129 e. The lowest BCUT2D eigenvalue weighted by molar-refractivity contribution is 0.460. The maximum absolute atomic E-state index is 13.7. The van der Waals surface area contributed by atoms with Crippen LogP contribution >= 0.6 is 0 Å². The molecule has 1 nitrogen and oxygen atoms in total. The normalized spacial score (nSPS) is 10.8. The molecular formula is C17H18F2O. The van der Waals surface area contributed by atoms with Crippen molar-refractivity contribution in [2.45, 2.75) is 33.1 Å². The van der Waals surface area contributed by atoms with Gasteiger partial charge in [-0.1, -0.05) is 32.0 Å². The van der Waals surface area contributed by atoms with Gasteiger partial charge in [-0.2, -0.15) is 0 Å². The second-order valence-electron chi connectivity index (χ2n) is 4.80. The average molecular weight is 276 g/mol. The van der Waals surface area contributed by atoms with Crippen LogP contribution in [0, 0.1) is 11.6 Å². The third-order valence-corrected chi connectivity index (χ3v) is 3.63. The van der Waals surface area contributed by atoms with Crippen molar-refractivity contribution in [2.75, 3.05) is 0 Å². The molecule has 2 aromatic carbocycles. The number of aryl methyl sites for hydroxylation is 1. The Balaban J connectivity index is 2.45. The van der Waals surface area contributed by atoms with Crippen molar-refractivity contribution in [1.29, 1.82) is 0 Å². The van der Waals surface area contributed by atoms with Crippen LogP contribution in [0.2, 0.25) is 0 Å². The Hall–Kier alpha value is -1.90. The van der Waals surface area contributed by atoms with Crippen LogP contribution < -0.4 is 0 Å². The van der Waals surface area contributed by atoms with Crippen LogP contribution in [0.1, 0.15) is 36.1 Å². The lowest BCUT2D eigenvalue weighted by Crippen LogP contribution is -2.00. The Bertz CT molecular complexity index is 600. The van der Waals surface area contributed by atoms with Crippen LogP contribution in [0.3, 0.4) is 0 Å². The average Bonchev–Trinajstić information content (AvgIpc) is 2.44. The first-order valence-electron chi connectivity index (χ1n) is 6.83. The van der Waals surface area contributed by atoms with Gasteiger partial charge in [0.25, 0.3) is 0 Å². The van der Waals surface area contributed by atoms with Crippen molar-refractivity contribution < 1.29 is 13.9 Å². The number of phenolic OH excluding ortho intramolecular Hbond substituents is 1. The predicted octanol–water partition coefficient (Wildman–Crippen LogP) is 4.39. The molecule has 0 saturated carbocycles. The molecule has 2 rings (SSSR count). The van der Waals surface area contributed by atoms with Crippen LogP contribution in [0.4, 0.5) is 8.78 Å². The first-order valence-corrected chi connectivity index (χ1v) is 6.83. The Morgan fingerprint density at radius 1 is 0.850 bits per heavy atom. The van der Waals surface area contributed by atoms with Crippen molar-refractivity contribution in [1.82, 2.24) is 0 Å². The second kappa shape index (κ2) is 6.04. The van der Waals surface area contributed by atoms with Crippen LogP contribution in [-0.4, -0.2) is 5.11 Å². The fraction of sp³-hybridized carbons (Fsp3) is 0.294. The SMILES string of the molecule is CCc1ccc(Cc2c(F)cccc2F)c(O)c1CC. The molecule has 0 radical (unpaired) electrons. The molecule has 0 atom stereocenters. The van der Waals surface area contributed by atoms with Crippen molar-refractivity contribution in [3.63, 3.8) is 0 Å². The van der Waals surface area contributed by atoms with E-state index >= 15 is 0 Å². The molecule has 0 aliphatic carbocycles. The summed E-state index contributed by atoms with van der Waals surface area (Å²) >= 11 is 0. The maximum Gasteiger partial charge on any atom is 0.129 e. The molecule has 2 aromatic rings. The molecule has 3 heteroatoms. The van der Waals surface area contributed by atoms with E-state index in [0.717, 1.165) is 17.5 Å². The Morgan fingerprint density at radius 3 is 2.00 bits per heavy atom. The van der Waals surface area contributed by atoms with E-state index in [-0.39, 0.29) is 17.7 Å². The minimum Gasteiger partial charge on any atom is -0.507 e. The molecule has 0 saturated heterocycles. The van der Waals surface area contributed by atoms with Crippen molar-refractivity contribution >= 4 is 0 Å². The van der Waals surface area contributed by atoms with Gasteiger partial charge in [0, 0.05) is 12.0 Å². The molecule has 0 fully saturated rings. The first-order chi connectivity index (χ1) is 9.58.